The predicted molar refractivity (Wildman–Crippen MR) is 108 cm³/mol. The highest BCUT2D eigenvalue weighted by atomic mass is 32.2. The summed E-state index contributed by atoms with van der Waals surface area (Å²) in [6.45, 7) is 1.04. The molecule has 1 saturated heterocycles. The van der Waals surface area contributed by atoms with Crippen molar-refractivity contribution in [2.75, 3.05) is 19.3 Å². The highest BCUT2D eigenvalue weighted by Crippen LogP contribution is 2.33. The number of aromatic nitrogens is 4. The lowest BCUT2D eigenvalue weighted by molar-refractivity contribution is 0.136. The Labute approximate surface area is 171 Å². The van der Waals surface area contributed by atoms with Gasteiger partial charge in [0.25, 0.3) is 0 Å². The van der Waals surface area contributed by atoms with Gasteiger partial charge in [-0.05, 0) is 37.1 Å². The molecular formula is C18H19N5O4S2. The number of amides is 1. The maximum absolute atomic E-state index is 11.7. The van der Waals surface area contributed by atoms with Crippen molar-refractivity contribution >= 4 is 38.7 Å². The van der Waals surface area contributed by atoms with Crippen LogP contribution in [0.25, 0.3) is 16.7 Å². The second-order valence-electron chi connectivity index (χ2n) is 6.83. The molecule has 152 valence electrons. The van der Waals surface area contributed by atoms with Crippen LogP contribution in [0.3, 0.4) is 0 Å². The topological polar surface area (TPSA) is 118 Å². The molecule has 0 unspecified atom stereocenters. The minimum Gasteiger partial charge on any atom is -0.465 e. The number of rotatable bonds is 4. The summed E-state index contributed by atoms with van der Waals surface area (Å²) in [5.74, 6) is 0. The minimum atomic E-state index is -3.26. The van der Waals surface area contributed by atoms with Crippen LogP contribution in [0.15, 0.2) is 46.7 Å². The second kappa shape index (κ2) is 7.64. The molecule has 3 aromatic rings. The van der Waals surface area contributed by atoms with Gasteiger partial charge in [0.2, 0.25) is 0 Å². The van der Waals surface area contributed by atoms with E-state index in [0.717, 1.165) is 23.3 Å². The Hall–Kier alpha value is -2.66. The van der Waals surface area contributed by atoms with E-state index in [-0.39, 0.29) is 10.1 Å². The summed E-state index contributed by atoms with van der Waals surface area (Å²) in [4.78, 5) is 21.5. The van der Waals surface area contributed by atoms with E-state index < -0.39 is 15.9 Å². The summed E-state index contributed by atoms with van der Waals surface area (Å²) in [5.41, 5.74) is 1.34. The standard InChI is InChI=1S/C18H19N5O4S2/c1-29(26,27)14-4-2-12(3-5-14)23-16-15(10-21-23)17(20-11-19-16)28-13-6-8-22(9-7-13)18(24)25/h2-5,10-11,13H,6-9H2,1H3,(H,24,25). The Morgan fingerprint density at radius 2 is 1.86 bits per heavy atom. The fourth-order valence-corrected chi connectivity index (χ4v) is 5.03. The van der Waals surface area contributed by atoms with Crippen molar-refractivity contribution < 1.29 is 18.3 Å². The Bertz CT molecular complexity index is 1150. The number of piperidine rings is 1. The molecule has 1 aromatic carbocycles. The summed E-state index contributed by atoms with van der Waals surface area (Å²) >= 11 is 1.62. The van der Waals surface area contributed by atoms with Crippen molar-refractivity contribution in [2.24, 2.45) is 0 Å². The first-order valence-electron chi connectivity index (χ1n) is 8.96. The predicted octanol–water partition coefficient (Wildman–Crippen LogP) is 2.45. The van der Waals surface area contributed by atoms with Gasteiger partial charge in [-0.3, -0.25) is 0 Å². The molecule has 0 spiro atoms. The van der Waals surface area contributed by atoms with Crippen molar-refractivity contribution in [1.29, 1.82) is 0 Å². The number of carboxylic acid groups (broad SMARTS) is 1. The van der Waals surface area contributed by atoms with Crippen LogP contribution in [-0.2, 0) is 9.84 Å². The number of fused-ring (bicyclic) bond motifs is 1. The van der Waals surface area contributed by atoms with Crippen LogP contribution in [0, 0.1) is 0 Å². The summed E-state index contributed by atoms with van der Waals surface area (Å²) in [5, 5.41) is 15.4. The van der Waals surface area contributed by atoms with Crippen molar-refractivity contribution in [3.63, 3.8) is 0 Å². The SMILES string of the molecule is CS(=O)(=O)c1ccc(-n2ncc3c(SC4CCN(C(=O)O)CC4)ncnc32)cc1. The molecule has 0 atom stereocenters. The molecule has 1 fully saturated rings. The number of likely N-dealkylation sites (tertiary alicyclic amines) is 1. The van der Waals surface area contributed by atoms with Crippen molar-refractivity contribution in [3.05, 3.63) is 36.8 Å². The first-order chi connectivity index (χ1) is 13.8. The van der Waals surface area contributed by atoms with E-state index in [9.17, 15) is 13.2 Å². The molecule has 2 aromatic heterocycles. The van der Waals surface area contributed by atoms with Gasteiger partial charge < -0.3 is 10.0 Å². The average Bonchev–Trinajstić information content (AvgIpc) is 3.13. The fourth-order valence-electron chi connectivity index (χ4n) is 3.26. The number of benzene rings is 1. The number of thioether (sulfide) groups is 1. The van der Waals surface area contributed by atoms with E-state index in [1.807, 2.05) is 0 Å². The van der Waals surface area contributed by atoms with E-state index in [1.54, 1.807) is 46.9 Å². The molecule has 9 nitrogen and oxygen atoms in total. The number of sulfone groups is 1. The van der Waals surface area contributed by atoms with Crippen LogP contribution in [0.5, 0.6) is 0 Å². The highest BCUT2D eigenvalue weighted by molar-refractivity contribution is 8.00. The van der Waals surface area contributed by atoms with Gasteiger partial charge in [0.1, 0.15) is 11.4 Å². The van der Waals surface area contributed by atoms with Crippen LogP contribution in [0.4, 0.5) is 4.79 Å². The summed E-state index contributed by atoms with van der Waals surface area (Å²) in [6, 6.07) is 6.48. The molecule has 0 bridgehead atoms. The van der Waals surface area contributed by atoms with Crippen LogP contribution >= 0.6 is 11.8 Å². The lowest BCUT2D eigenvalue weighted by atomic mass is 10.1. The Balaban J connectivity index is 1.58. The molecule has 0 aliphatic carbocycles. The first-order valence-corrected chi connectivity index (χ1v) is 11.7. The molecule has 1 amide bonds. The van der Waals surface area contributed by atoms with Gasteiger partial charge in [0.05, 0.1) is 22.2 Å². The zero-order chi connectivity index (χ0) is 20.6. The summed E-state index contributed by atoms with van der Waals surface area (Å²) in [7, 11) is -3.26. The van der Waals surface area contributed by atoms with Gasteiger partial charge in [0.15, 0.2) is 15.5 Å². The fraction of sp³-hybridized carbons (Fsp3) is 0.333. The smallest absolute Gasteiger partial charge is 0.407 e. The molecule has 29 heavy (non-hydrogen) atoms. The van der Waals surface area contributed by atoms with Crippen LogP contribution < -0.4 is 0 Å². The van der Waals surface area contributed by atoms with Gasteiger partial charge >= 0.3 is 6.09 Å². The third-order valence-electron chi connectivity index (χ3n) is 4.83. The zero-order valence-corrected chi connectivity index (χ0v) is 17.2. The largest absolute Gasteiger partial charge is 0.465 e. The zero-order valence-electron chi connectivity index (χ0n) is 15.6. The molecular weight excluding hydrogens is 414 g/mol. The molecule has 0 saturated carbocycles. The summed E-state index contributed by atoms with van der Waals surface area (Å²) in [6.07, 6.45) is 5.02. The third kappa shape index (κ3) is 4.06. The van der Waals surface area contributed by atoms with Gasteiger partial charge in [0, 0.05) is 24.6 Å². The maximum atomic E-state index is 11.7. The van der Waals surface area contributed by atoms with E-state index >= 15 is 0 Å². The van der Waals surface area contributed by atoms with E-state index in [0.29, 0.717) is 24.4 Å². The molecule has 1 aliphatic rings. The minimum absolute atomic E-state index is 0.247. The van der Waals surface area contributed by atoms with Crippen LogP contribution in [0.2, 0.25) is 0 Å². The quantitative estimate of drug-likeness (QED) is 0.623. The van der Waals surface area contributed by atoms with E-state index in [1.165, 1.54) is 17.5 Å². The average molecular weight is 434 g/mol. The van der Waals surface area contributed by atoms with Crippen molar-refractivity contribution in [3.8, 4) is 5.69 Å². The third-order valence-corrected chi connectivity index (χ3v) is 7.31. The second-order valence-corrected chi connectivity index (χ2v) is 10.1. The van der Waals surface area contributed by atoms with Gasteiger partial charge in [-0.15, -0.1) is 11.8 Å². The van der Waals surface area contributed by atoms with Gasteiger partial charge in [-0.1, -0.05) is 0 Å². The highest BCUT2D eigenvalue weighted by Gasteiger charge is 2.24. The Kier molecular flexibility index (Phi) is 5.17. The van der Waals surface area contributed by atoms with Gasteiger partial charge in [-0.25, -0.2) is 27.9 Å². The number of nitrogens with zero attached hydrogens (tertiary/aromatic N) is 5. The number of carbonyl (C=O) groups is 1. The number of hydrogen-bond acceptors (Lipinski definition) is 7. The Morgan fingerprint density at radius 1 is 1.17 bits per heavy atom. The monoisotopic (exact) mass is 433 g/mol. The molecule has 1 N–H and O–H groups in total. The Morgan fingerprint density at radius 3 is 2.48 bits per heavy atom. The van der Waals surface area contributed by atoms with Crippen molar-refractivity contribution in [2.45, 2.75) is 28.0 Å². The molecule has 0 radical (unpaired) electrons. The maximum Gasteiger partial charge on any atom is 0.407 e. The van der Waals surface area contributed by atoms with Gasteiger partial charge in [-0.2, -0.15) is 5.10 Å². The lowest BCUT2D eigenvalue weighted by Gasteiger charge is -2.29. The van der Waals surface area contributed by atoms with E-state index in [4.69, 9.17) is 5.11 Å². The van der Waals surface area contributed by atoms with Crippen LogP contribution in [-0.4, -0.2) is 68.9 Å². The van der Waals surface area contributed by atoms with Crippen molar-refractivity contribution in [1.82, 2.24) is 24.6 Å². The molecule has 4 rings (SSSR count). The first kappa shape index (κ1) is 19.6. The van der Waals surface area contributed by atoms with E-state index in [2.05, 4.69) is 15.1 Å². The molecule has 3 heterocycles. The normalized spacial score (nSPS) is 15.7. The molecule has 1 aliphatic heterocycles. The molecule has 11 heteroatoms. The lowest BCUT2D eigenvalue weighted by Crippen LogP contribution is -2.38. The van der Waals surface area contributed by atoms with Crippen LogP contribution in [0.1, 0.15) is 12.8 Å². The number of hydrogen-bond donors (Lipinski definition) is 1. The summed E-state index contributed by atoms with van der Waals surface area (Å²) < 4.78 is 25.0.